The zero-order chi connectivity index (χ0) is 14.5. The Morgan fingerprint density at radius 3 is 2.75 bits per heavy atom. The van der Waals surface area contributed by atoms with Crippen molar-refractivity contribution in [2.75, 3.05) is 25.6 Å². The van der Waals surface area contributed by atoms with Crippen LogP contribution in [0, 0.1) is 13.8 Å². The number of fused-ring (bicyclic) bond motifs is 1. The van der Waals surface area contributed by atoms with Crippen LogP contribution in [0.15, 0.2) is 18.2 Å². The molecule has 0 bridgehead atoms. The van der Waals surface area contributed by atoms with Crippen LogP contribution >= 0.6 is 0 Å². The van der Waals surface area contributed by atoms with Crippen molar-refractivity contribution in [1.29, 1.82) is 0 Å². The Labute approximate surface area is 121 Å². The molecule has 3 nitrogen and oxygen atoms in total. The molecular formula is C17H24N2O. The summed E-state index contributed by atoms with van der Waals surface area (Å²) in [7, 11) is 1.74. The van der Waals surface area contributed by atoms with Crippen LogP contribution in [-0.2, 0) is 11.2 Å². The number of pyridine rings is 1. The van der Waals surface area contributed by atoms with Gasteiger partial charge in [-0.1, -0.05) is 25.1 Å². The van der Waals surface area contributed by atoms with E-state index in [-0.39, 0.29) is 0 Å². The molecule has 0 saturated heterocycles. The Balaban J connectivity index is 2.56. The summed E-state index contributed by atoms with van der Waals surface area (Å²) in [6.45, 7) is 8.12. The van der Waals surface area contributed by atoms with Gasteiger partial charge in [-0.05, 0) is 37.8 Å². The summed E-state index contributed by atoms with van der Waals surface area (Å²) in [4.78, 5) is 4.80. The number of aryl methyl sites for hydroxylation is 1. The molecule has 2 rings (SSSR count). The summed E-state index contributed by atoms with van der Waals surface area (Å²) in [5.41, 5.74) is 5.93. The Hall–Kier alpha value is -1.61. The lowest BCUT2D eigenvalue weighted by Gasteiger charge is -2.16. The zero-order valence-corrected chi connectivity index (χ0v) is 12.9. The highest BCUT2D eigenvalue weighted by atomic mass is 16.5. The first-order valence-electron chi connectivity index (χ1n) is 7.30. The predicted molar refractivity (Wildman–Crippen MR) is 85.6 cm³/mol. The minimum absolute atomic E-state index is 0.728. The standard InChI is InChI=1S/C17H24N2O/c1-5-10-18-16-12(2)13(3)19-17-14(9-11-20-4)7-6-8-15(16)17/h6-8H,5,9-11H2,1-4H3,(H,18,19). The maximum Gasteiger partial charge on any atom is 0.0758 e. The molecule has 1 aromatic heterocycles. The molecule has 0 amide bonds. The van der Waals surface area contributed by atoms with Gasteiger partial charge in [-0.3, -0.25) is 4.98 Å². The summed E-state index contributed by atoms with van der Waals surface area (Å²) in [6, 6.07) is 6.41. The lowest BCUT2D eigenvalue weighted by Crippen LogP contribution is -2.06. The first kappa shape index (κ1) is 14.8. The molecule has 0 aliphatic heterocycles. The van der Waals surface area contributed by atoms with Gasteiger partial charge in [0.05, 0.1) is 12.1 Å². The fourth-order valence-corrected chi connectivity index (χ4v) is 2.45. The Morgan fingerprint density at radius 1 is 1.25 bits per heavy atom. The van der Waals surface area contributed by atoms with Crippen LogP contribution in [-0.4, -0.2) is 25.2 Å². The Bertz CT molecular complexity index is 593. The topological polar surface area (TPSA) is 34.2 Å². The summed E-state index contributed by atoms with van der Waals surface area (Å²) in [5.74, 6) is 0. The predicted octanol–water partition coefficient (Wildman–Crippen LogP) is 3.86. The number of para-hydroxylation sites is 1. The van der Waals surface area contributed by atoms with Crippen molar-refractivity contribution in [3.63, 3.8) is 0 Å². The zero-order valence-electron chi connectivity index (χ0n) is 12.9. The van der Waals surface area contributed by atoms with Crippen LogP contribution in [0.2, 0.25) is 0 Å². The van der Waals surface area contributed by atoms with Gasteiger partial charge in [-0.25, -0.2) is 0 Å². The van der Waals surface area contributed by atoms with Crippen molar-refractivity contribution in [2.45, 2.75) is 33.6 Å². The van der Waals surface area contributed by atoms with Gasteiger partial charge in [0.2, 0.25) is 0 Å². The second-order valence-corrected chi connectivity index (χ2v) is 5.18. The first-order chi connectivity index (χ1) is 9.69. The highest BCUT2D eigenvalue weighted by Gasteiger charge is 2.11. The minimum atomic E-state index is 0.728. The van der Waals surface area contributed by atoms with E-state index in [1.165, 1.54) is 22.2 Å². The molecule has 2 aromatic rings. The van der Waals surface area contributed by atoms with Crippen LogP contribution in [0.3, 0.4) is 0 Å². The lowest BCUT2D eigenvalue weighted by molar-refractivity contribution is 0.202. The van der Waals surface area contributed by atoms with Crippen molar-refractivity contribution in [1.82, 2.24) is 4.98 Å². The van der Waals surface area contributed by atoms with Gasteiger partial charge in [0.15, 0.2) is 0 Å². The van der Waals surface area contributed by atoms with E-state index < -0.39 is 0 Å². The van der Waals surface area contributed by atoms with E-state index in [0.29, 0.717) is 0 Å². The van der Waals surface area contributed by atoms with Gasteiger partial charge < -0.3 is 10.1 Å². The monoisotopic (exact) mass is 272 g/mol. The molecule has 20 heavy (non-hydrogen) atoms. The summed E-state index contributed by atoms with van der Waals surface area (Å²) in [5, 5.41) is 4.78. The van der Waals surface area contributed by atoms with E-state index in [2.05, 4.69) is 44.3 Å². The average Bonchev–Trinajstić information content (AvgIpc) is 2.46. The van der Waals surface area contributed by atoms with Crippen LogP contribution in [0.5, 0.6) is 0 Å². The van der Waals surface area contributed by atoms with Crippen LogP contribution in [0.1, 0.15) is 30.2 Å². The number of benzene rings is 1. The third-order valence-electron chi connectivity index (χ3n) is 3.71. The SMILES string of the molecule is CCCNc1c(C)c(C)nc2c(CCOC)cccc12. The number of anilines is 1. The Morgan fingerprint density at radius 2 is 2.05 bits per heavy atom. The van der Waals surface area contributed by atoms with Crippen molar-refractivity contribution in [3.8, 4) is 0 Å². The number of ether oxygens (including phenoxy) is 1. The highest BCUT2D eigenvalue weighted by Crippen LogP contribution is 2.30. The van der Waals surface area contributed by atoms with Crippen LogP contribution in [0.25, 0.3) is 10.9 Å². The number of rotatable bonds is 6. The smallest absolute Gasteiger partial charge is 0.0758 e. The number of methoxy groups -OCH3 is 1. The molecular weight excluding hydrogens is 248 g/mol. The number of hydrogen-bond acceptors (Lipinski definition) is 3. The van der Waals surface area contributed by atoms with E-state index in [0.717, 1.165) is 37.2 Å². The van der Waals surface area contributed by atoms with Gasteiger partial charge in [-0.15, -0.1) is 0 Å². The molecule has 0 aliphatic carbocycles. The summed E-state index contributed by atoms with van der Waals surface area (Å²) >= 11 is 0. The number of nitrogens with one attached hydrogen (secondary N) is 1. The van der Waals surface area contributed by atoms with E-state index in [4.69, 9.17) is 9.72 Å². The second kappa shape index (κ2) is 6.71. The molecule has 0 radical (unpaired) electrons. The van der Waals surface area contributed by atoms with Crippen molar-refractivity contribution in [2.24, 2.45) is 0 Å². The molecule has 0 spiro atoms. The minimum Gasteiger partial charge on any atom is -0.384 e. The van der Waals surface area contributed by atoms with Gasteiger partial charge in [0.25, 0.3) is 0 Å². The molecule has 1 heterocycles. The number of aromatic nitrogens is 1. The van der Waals surface area contributed by atoms with Gasteiger partial charge in [0, 0.05) is 30.4 Å². The normalized spacial score (nSPS) is 11.0. The van der Waals surface area contributed by atoms with E-state index in [9.17, 15) is 0 Å². The first-order valence-corrected chi connectivity index (χ1v) is 7.30. The quantitative estimate of drug-likeness (QED) is 0.867. The molecule has 0 fully saturated rings. The molecule has 1 aromatic carbocycles. The third kappa shape index (κ3) is 2.93. The molecule has 108 valence electrons. The van der Waals surface area contributed by atoms with E-state index in [1.807, 2.05) is 0 Å². The van der Waals surface area contributed by atoms with Gasteiger partial charge in [-0.2, -0.15) is 0 Å². The Kier molecular flexibility index (Phi) is 4.96. The van der Waals surface area contributed by atoms with Crippen LogP contribution in [0.4, 0.5) is 5.69 Å². The number of hydrogen-bond donors (Lipinski definition) is 1. The molecule has 0 atom stereocenters. The highest BCUT2D eigenvalue weighted by molar-refractivity contribution is 5.95. The maximum absolute atomic E-state index is 5.20. The van der Waals surface area contributed by atoms with Crippen molar-refractivity contribution < 1.29 is 4.74 Å². The molecule has 1 N–H and O–H groups in total. The van der Waals surface area contributed by atoms with Crippen molar-refractivity contribution in [3.05, 3.63) is 35.0 Å². The second-order valence-electron chi connectivity index (χ2n) is 5.18. The maximum atomic E-state index is 5.20. The fraction of sp³-hybridized carbons (Fsp3) is 0.471. The molecule has 0 unspecified atom stereocenters. The van der Waals surface area contributed by atoms with Gasteiger partial charge >= 0.3 is 0 Å². The molecule has 0 aliphatic rings. The molecule has 3 heteroatoms. The number of nitrogens with zero attached hydrogens (tertiary/aromatic N) is 1. The van der Waals surface area contributed by atoms with E-state index >= 15 is 0 Å². The van der Waals surface area contributed by atoms with Gasteiger partial charge in [0.1, 0.15) is 0 Å². The largest absolute Gasteiger partial charge is 0.384 e. The lowest BCUT2D eigenvalue weighted by atomic mass is 10.0. The average molecular weight is 272 g/mol. The summed E-state index contributed by atoms with van der Waals surface area (Å²) in [6.07, 6.45) is 2.02. The fourth-order valence-electron chi connectivity index (χ4n) is 2.45. The summed E-state index contributed by atoms with van der Waals surface area (Å²) < 4.78 is 5.20. The van der Waals surface area contributed by atoms with E-state index in [1.54, 1.807) is 7.11 Å². The third-order valence-corrected chi connectivity index (χ3v) is 3.71. The van der Waals surface area contributed by atoms with Crippen molar-refractivity contribution >= 4 is 16.6 Å². The van der Waals surface area contributed by atoms with Crippen LogP contribution < -0.4 is 5.32 Å². The molecule has 0 saturated carbocycles.